The lowest BCUT2D eigenvalue weighted by molar-refractivity contribution is -0.137. The molecular formula is C27H31BrN4O5. The van der Waals surface area contributed by atoms with Gasteiger partial charge in [0.05, 0.1) is 36.9 Å². The number of halogens is 1. The second kappa shape index (κ2) is 11.4. The zero-order chi connectivity index (χ0) is 26.6. The molecule has 0 spiro atoms. The van der Waals surface area contributed by atoms with Crippen molar-refractivity contribution >= 4 is 39.0 Å². The number of ether oxygens (including phenoxy) is 3. The molecule has 0 aliphatic carbocycles. The minimum atomic E-state index is -0.418. The van der Waals surface area contributed by atoms with E-state index in [0.717, 1.165) is 4.47 Å². The molecule has 9 nitrogen and oxygen atoms in total. The summed E-state index contributed by atoms with van der Waals surface area (Å²) in [6.45, 7) is 10.4. The van der Waals surface area contributed by atoms with Crippen molar-refractivity contribution in [3.63, 3.8) is 0 Å². The van der Waals surface area contributed by atoms with Gasteiger partial charge in [-0.1, -0.05) is 36.7 Å². The standard InChI is InChI=1S/C27H31BrN4O5/c1-5-36-23-14-18(6-9-22(23)37-17-24(33)31-10-12-35-13-11-31)16-29-32-25(34)20-15-19(28)7-8-21(20)30-26(32)27(2,3)4/h6-9,14-16H,5,10-13,17H2,1-4H3. The fourth-order valence-corrected chi connectivity index (χ4v) is 4.26. The second-order valence-corrected chi connectivity index (χ2v) is 10.5. The predicted molar refractivity (Wildman–Crippen MR) is 146 cm³/mol. The second-order valence-electron chi connectivity index (χ2n) is 9.63. The van der Waals surface area contributed by atoms with E-state index in [1.165, 1.54) is 4.68 Å². The quantitative estimate of drug-likeness (QED) is 0.399. The van der Waals surface area contributed by atoms with Crippen molar-refractivity contribution in [3.05, 3.63) is 62.6 Å². The summed E-state index contributed by atoms with van der Waals surface area (Å²) >= 11 is 3.43. The molecule has 0 bridgehead atoms. The minimum Gasteiger partial charge on any atom is -0.490 e. The fraction of sp³-hybridized carbons (Fsp3) is 0.407. The van der Waals surface area contributed by atoms with Gasteiger partial charge in [-0.3, -0.25) is 9.59 Å². The highest BCUT2D eigenvalue weighted by atomic mass is 79.9. The topological polar surface area (TPSA) is 95.2 Å². The van der Waals surface area contributed by atoms with E-state index in [9.17, 15) is 9.59 Å². The number of aromatic nitrogens is 2. The summed E-state index contributed by atoms with van der Waals surface area (Å²) in [5, 5.41) is 5.00. The Balaban J connectivity index is 1.62. The van der Waals surface area contributed by atoms with Gasteiger partial charge in [-0.15, -0.1) is 0 Å². The highest BCUT2D eigenvalue weighted by molar-refractivity contribution is 9.10. The molecule has 196 valence electrons. The van der Waals surface area contributed by atoms with Crippen LogP contribution in [-0.2, 0) is 14.9 Å². The first-order chi connectivity index (χ1) is 17.7. The van der Waals surface area contributed by atoms with E-state index in [2.05, 4.69) is 21.0 Å². The largest absolute Gasteiger partial charge is 0.490 e. The Morgan fingerprint density at radius 3 is 2.59 bits per heavy atom. The Morgan fingerprint density at radius 2 is 1.89 bits per heavy atom. The van der Waals surface area contributed by atoms with E-state index < -0.39 is 5.41 Å². The summed E-state index contributed by atoms with van der Waals surface area (Å²) in [4.78, 5) is 32.3. The van der Waals surface area contributed by atoms with Crippen LogP contribution in [0, 0.1) is 0 Å². The molecule has 3 aromatic rings. The molecule has 0 saturated carbocycles. The fourth-order valence-electron chi connectivity index (χ4n) is 3.90. The van der Waals surface area contributed by atoms with Crippen molar-refractivity contribution in [2.45, 2.75) is 33.1 Å². The maximum absolute atomic E-state index is 13.4. The van der Waals surface area contributed by atoms with E-state index in [1.54, 1.807) is 35.4 Å². The normalized spacial score (nSPS) is 14.4. The van der Waals surface area contributed by atoms with E-state index in [4.69, 9.17) is 19.2 Å². The predicted octanol–water partition coefficient (Wildman–Crippen LogP) is 3.98. The lowest BCUT2D eigenvalue weighted by atomic mass is 9.95. The van der Waals surface area contributed by atoms with Gasteiger partial charge in [-0.05, 0) is 48.9 Å². The Kier molecular flexibility index (Phi) is 8.29. The van der Waals surface area contributed by atoms with E-state index >= 15 is 0 Å². The smallest absolute Gasteiger partial charge is 0.282 e. The van der Waals surface area contributed by atoms with Crippen LogP contribution in [0.25, 0.3) is 10.9 Å². The van der Waals surface area contributed by atoms with Gasteiger partial charge in [-0.2, -0.15) is 9.78 Å². The number of benzene rings is 2. The van der Waals surface area contributed by atoms with Crippen molar-refractivity contribution < 1.29 is 19.0 Å². The number of carbonyl (C=O) groups excluding carboxylic acids is 1. The molecular weight excluding hydrogens is 540 g/mol. The molecule has 1 amide bonds. The molecule has 10 heteroatoms. The van der Waals surface area contributed by atoms with Gasteiger partial charge in [0.1, 0.15) is 5.82 Å². The number of amides is 1. The number of hydrogen-bond acceptors (Lipinski definition) is 7. The Bertz CT molecular complexity index is 1370. The molecule has 1 saturated heterocycles. The first kappa shape index (κ1) is 26.8. The molecule has 0 unspecified atom stereocenters. The SMILES string of the molecule is CCOc1cc(C=Nn2c(C(C)(C)C)nc3ccc(Br)cc3c2=O)ccc1OCC(=O)N1CCOCC1. The van der Waals surface area contributed by atoms with Crippen LogP contribution in [0.3, 0.4) is 0 Å². The summed E-state index contributed by atoms with van der Waals surface area (Å²) in [5.74, 6) is 1.41. The first-order valence-electron chi connectivity index (χ1n) is 12.2. The van der Waals surface area contributed by atoms with E-state index in [0.29, 0.717) is 66.7 Å². The molecule has 37 heavy (non-hydrogen) atoms. The Hall–Kier alpha value is -3.24. The molecule has 0 N–H and O–H groups in total. The highest BCUT2D eigenvalue weighted by Crippen LogP contribution is 2.28. The maximum atomic E-state index is 13.4. The lowest BCUT2D eigenvalue weighted by Crippen LogP contribution is -2.43. The van der Waals surface area contributed by atoms with Crippen molar-refractivity contribution in [2.24, 2.45) is 5.10 Å². The third kappa shape index (κ3) is 6.37. The third-order valence-corrected chi connectivity index (χ3v) is 6.28. The van der Waals surface area contributed by atoms with Crippen LogP contribution in [0.15, 0.2) is 50.8 Å². The van der Waals surface area contributed by atoms with Gasteiger partial charge in [0, 0.05) is 23.0 Å². The van der Waals surface area contributed by atoms with E-state index in [-0.39, 0.29) is 18.1 Å². The van der Waals surface area contributed by atoms with Crippen molar-refractivity contribution in [1.29, 1.82) is 0 Å². The Morgan fingerprint density at radius 1 is 1.14 bits per heavy atom. The van der Waals surface area contributed by atoms with Gasteiger partial charge in [-0.25, -0.2) is 4.98 Å². The molecule has 2 heterocycles. The van der Waals surface area contributed by atoms with Gasteiger partial charge >= 0.3 is 0 Å². The van der Waals surface area contributed by atoms with Crippen LogP contribution in [0.1, 0.15) is 39.1 Å². The summed E-state index contributed by atoms with van der Waals surface area (Å²) in [6, 6.07) is 10.7. The van der Waals surface area contributed by atoms with Crippen molar-refractivity contribution in [1.82, 2.24) is 14.6 Å². The zero-order valence-electron chi connectivity index (χ0n) is 21.5. The summed E-state index contributed by atoms with van der Waals surface area (Å²) in [5.41, 5.74) is 0.658. The molecule has 1 fully saturated rings. The van der Waals surface area contributed by atoms with Crippen LogP contribution >= 0.6 is 15.9 Å². The van der Waals surface area contributed by atoms with Crippen molar-refractivity contribution in [2.75, 3.05) is 39.5 Å². The highest BCUT2D eigenvalue weighted by Gasteiger charge is 2.23. The molecule has 2 aromatic carbocycles. The molecule has 0 atom stereocenters. The molecule has 1 aliphatic rings. The number of fused-ring (bicyclic) bond motifs is 1. The summed E-state index contributed by atoms with van der Waals surface area (Å²) in [6.07, 6.45) is 1.59. The average Bonchev–Trinajstić information content (AvgIpc) is 2.87. The summed E-state index contributed by atoms with van der Waals surface area (Å²) < 4.78 is 19.0. The van der Waals surface area contributed by atoms with Gasteiger partial charge in [0.15, 0.2) is 18.1 Å². The van der Waals surface area contributed by atoms with Crippen LogP contribution in [0.4, 0.5) is 0 Å². The number of rotatable bonds is 7. The van der Waals surface area contributed by atoms with Crippen molar-refractivity contribution in [3.8, 4) is 11.5 Å². The molecule has 0 radical (unpaired) electrons. The maximum Gasteiger partial charge on any atom is 0.282 e. The molecule has 1 aliphatic heterocycles. The van der Waals surface area contributed by atoms with Crippen LogP contribution < -0.4 is 15.0 Å². The first-order valence-corrected chi connectivity index (χ1v) is 13.0. The monoisotopic (exact) mass is 570 g/mol. The van der Waals surface area contributed by atoms with Gasteiger partial charge in [0.2, 0.25) is 0 Å². The molecule has 1 aromatic heterocycles. The number of morpholine rings is 1. The zero-order valence-corrected chi connectivity index (χ0v) is 23.1. The van der Waals surface area contributed by atoms with Gasteiger partial charge < -0.3 is 19.1 Å². The van der Waals surface area contributed by atoms with Crippen LogP contribution in [-0.4, -0.2) is 66.2 Å². The number of hydrogen-bond donors (Lipinski definition) is 0. The summed E-state index contributed by atoms with van der Waals surface area (Å²) in [7, 11) is 0. The minimum absolute atomic E-state index is 0.0871. The van der Waals surface area contributed by atoms with E-state index in [1.807, 2.05) is 39.8 Å². The lowest BCUT2D eigenvalue weighted by Gasteiger charge is -2.26. The average molecular weight is 571 g/mol. The molecule has 4 rings (SSSR count). The Labute approximate surface area is 224 Å². The van der Waals surface area contributed by atoms with Crippen LogP contribution in [0.5, 0.6) is 11.5 Å². The van der Waals surface area contributed by atoms with Crippen LogP contribution in [0.2, 0.25) is 0 Å². The number of nitrogens with zero attached hydrogens (tertiary/aromatic N) is 4. The van der Waals surface area contributed by atoms with Gasteiger partial charge in [0.25, 0.3) is 11.5 Å². The third-order valence-electron chi connectivity index (χ3n) is 5.78. The number of carbonyl (C=O) groups is 1.